The number of hydrogen-bond acceptors (Lipinski definition) is 5. The summed E-state index contributed by atoms with van der Waals surface area (Å²) < 4.78 is 22.2. The van der Waals surface area contributed by atoms with Gasteiger partial charge in [-0.25, -0.2) is 0 Å². The van der Waals surface area contributed by atoms with Gasteiger partial charge in [-0.1, -0.05) is 36.4 Å². The van der Waals surface area contributed by atoms with E-state index in [1.165, 1.54) is 53.0 Å². The Morgan fingerprint density at radius 1 is 1.05 bits per heavy atom. The maximum atomic E-state index is 13.0. The second kappa shape index (κ2) is 9.72. The van der Waals surface area contributed by atoms with Gasteiger partial charge in [0, 0.05) is 57.3 Å². The predicted molar refractivity (Wildman–Crippen MR) is 161 cm³/mol. The van der Waals surface area contributed by atoms with Gasteiger partial charge in [-0.3, -0.25) is 9.69 Å². The Hall–Kier alpha value is -3.09. The highest BCUT2D eigenvalue weighted by Gasteiger charge is 2.73. The zero-order valence-corrected chi connectivity index (χ0v) is 25.2. The number of aromatic nitrogens is 1. The zero-order chi connectivity index (χ0) is 28.6. The quantitative estimate of drug-likeness (QED) is 0.324. The molecule has 2 aromatic carbocycles. The van der Waals surface area contributed by atoms with Crippen LogP contribution in [0.3, 0.4) is 0 Å². The number of fused-ring (bicyclic) bond motifs is 2. The third-order valence-corrected chi connectivity index (χ3v) is 11.4. The largest absolute Gasteiger partial charge is 0.493 e. The standard InChI is InChI=1S/C36H42N2O4/c1-37-27(13-15-28(39)14-11-23-7-5-4-6-8-23)19-26-21-36(41-3)30-20-25-12-16-29(40-2)33-31(25)35(36,34(42-33)32(26)37)17-18-38(30)22-24-9-10-24/h4-8,12,16,19,24,30,34H,9-11,13-15,17-18,20-22H2,1-3H3/t30-,34?,35-,36+/m0/s1. The molecule has 1 saturated carbocycles. The van der Waals surface area contributed by atoms with Crippen molar-refractivity contribution < 1.29 is 19.0 Å². The maximum Gasteiger partial charge on any atom is 0.166 e. The van der Waals surface area contributed by atoms with Gasteiger partial charge in [0.15, 0.2) is 17.6 Å². The first kappa shape index (κ1) is 26.5. The van der Waals surface area contributed by atoms with Crippen molar-refractivity contribution >= 4 is 5.78 Å². The normalized spacial score (nSPS) is 28.6. The van der Waals surface area contributed by atoms with E-state index in [4.69, 9.17) is 14.2 Å². The fourth-order valence-electron chi connectivity index (χ4n) is 9.24. The molecule has 4 atom stereocenters. The smallest absolute Gasteiger partial charge is 0.166 e. The fourth-order valence-corrected chi connectivity index (χ4v) is 9.24. The molecular weight excluding hydrogens is 524 g/mol. The molecule has 1 unspecified atom stereocenters. The molecule has 1 aromatic heterocycles. The molecule has 1 saturated heterocycles. The zero-order valence-electron chi connectivity index (χ0n) is 25.2. The number of carbonyl (C=O) groups is 1. The molecule has 6 nitrogen and oxygen atoms in total. The molecule has 3 heterocycles. The van der Waals surface area contributed by atoms with Crippen molar-refractivity contribution in [3.8, 4) is 11.5 Å². The Balaban J connectivity index is 1.16. The molecule has 2 bridgehead atoms. The number of benzene rings is 2. The van der Waals surface area contributed by atoms with E-state index in [1.807, 2.05) is 25.3 Å². The summed E-state index contributed by atoms with van der Waals surface area (Å²) in [5, 5.41) is 0. The van der Waals surface area contributed by atoms with Crippen LogP contribution in [0, 0.1) is 5.92 Å². The van der Waals surface area contributed by atoms with Crippen LogP contribution in [0.4, 0.5) is 0 Å². The van der Waals surface area contributed by atoms with Gasteiger partial charge < -0.3 is 18.8 Å². The summed E-state index contributed by atoms with van der Waals surface area (Å²) in [6.45, 7) is 2.25. The van der Waals surface area contributed by atoms with Crippen molar-refractivity contribution in [2.75, 3.05) is 27.3 Å². The van der Waals surface area contributed by atoms with E-state index in [9.17, 15) is 4.79 Å². The molecule has 2 fully saturated rings. The number of rotatable bonds is 10. The summed E-state index contributed by atoms with van der Waals surface area (Å²) in [4.78, 5) is 15.7. The Kier molecular flexibility index (Phi) is 6.14. The number of piperidine rings is 1. The number of Topliss-reactive ketones (excluding diaryl/α,β-unsaturated/α-hetero) is 1. The van der Waals surface area contributed by atoms with Crippen LogP contribution in [-0.2, 0) is 47.7 Å². The van der Waals surface area contributed by atoms with Crippen molar-refractivity contribution in [3.63, 3.8) is 0 Å². The SMILES string of the molecule is COc1ccc2c3c1OC1c4c(cc(CCC(=O)CCc5ccccc5)n4C)C[C@@]4(OC)[C@H](C2)N(CC2CC2)CC[C@]314. The predicted octanol–water partition coefficient (Wildman–Crippen LogP) is 5.52. The van der Waals surface area contributed by atoms with E-state index in [1.54, 1.807) is 7.11 Å². The van der Waals surface area contributed by atoms with Crippen LogP contribution in [0.2, 0.25) is 0 Å². The number of methoxy groups -OCH3 is 2. The topological polar surface area (TPSA) is 52.9 Å². The van der Waals surface area contributed by atoms with E-state index in [0.717, 1.165) is 56.1 Å². The Labute approximate surface area is 248 Å². The monoisotopic (exact) mass is 566 g/mol. The van der Waals surface area contributed by atoms with Crippen LogP contribution in [0.15, 0.2) is 48.5 Å². The van der Waals surface area contributed by atoms with Gasteiger partial charge in [-0.05, 0) is 79.8 Å². The lowest BCUT2D eigenvalue weighted by Gasteiger charge is -2.64. The highest BCUT2D eigenvalue weighted by Crippen LogP contribution is 2.70. The molecule has 1 spiro atoms. The third kappa shape index (κ3) is 3.67. The first-order valence-electron chi connectivity index (χ1n) is 15.9. The van der Waals surface area contributed by atoms with E-state index < -0.39 is 0 Å². The molecule has 2 aliphatic heterocycles. The van der Waals surface area contributed by atoms with Crippen molar-refractivity contribution in [1.82, 2.24) is 9.47 Å². The maximum absolute atomic E-state index is 13.0. The molecule has 0 amide bonds. The van der Waals surface area contributed by atoms with Gasteiger partial charge in [-0.2, -0.15) is 0 Å². The molecule has 42 heavy (non-hydrogen) atoms. The molecule has 6 heteroatoms. The lowest BCUT2D eigenvalue weighted by molar-refractivity contribution is -0.191. The minimum absolute atomic E-state index is 0.135. The minimum atomic E-state index is -0.369. The number of ketones is 1. The summed E-state index contributed by atoms with van der Waals surface area (Å²) in [5.41, 5.74) is 7.12. The highest BCUT2D eigenvalue weighted by atomic mass is 16.5. The number of hydrogen-bond donors (Lipinski definition) is 0. The average Bonchev–Trinajstić information content (AvgIpc) is 3.69. The molecule has 3 aliphatic carbocycles. The van der Waals surface area contributed by atoms with Crippen LogP contribution in [0.25, 0.3) is 0 Å². The molecular formula is C36H42N2O4. The van der Waals surface area contributed by atoms with Gasteiger partial charge in [0.1, 0.15) is 11.4 Å². The van der Waals surface area contributed by atoms with Crippen LogP contribution >= 0.6 is 0 Å². The summed E-state index contributed by atoms with van der Waals surface area (Å²) >= 11 is 0. The van der Waals surface area contributed by atoms with E-state index >= 15 is 0 Å². The van der Waals surface area contributed by atoms with Gasteiger partial charge in [-0.15, -0.1) is 0 Å². The van der Waals surface area contributed by atoms with Gasteiger partial charge in [0.05, 0.1) is 18.2 Å². The molecule has 220 valence electrons. The number of likely N-dealkylation sites (tertiary alicyclic amines) is 1. The van der Waals surface area contributed by atoms with Gasteiger partial charge in [0.25, 0.3) is 0 Å². The summed E-state index contributed by atoms with van der Waals surface area (Å²) in [7, 11) is 5.86. The van der Waals surface area contributed by atoms with Gasteiger partial charge >= 0.3 is 0 Å². The van der Waals surface area contributed by atoms with E-state index in [0.29, 0.717) is 24.7 Å². The Morgan fingerprint density at radius 3 is 2.62 bits per heavy atom. The minimum Gasteiger partial charge on any atom is -0.493 e. The van der Waals surface area contributed by atoms with Crippen molar-refractivity contribution in [2.24, 2.45) is 13.0 Å². The highest BCUT2D eigenvalue weighted by molar-refractivity contribution is 5.79. The van der Waals surface area contributed by atoms with E-state index in [-0.39, 0.29) is 17.1 Å². The number of carbonyl (C=O) groups excluding carboxylic acids is 1. The van der Waals surface area contributed by atoms with Crippen molar-refractivity contribution in [2.45, 2.75) is 80.9 Å². The number of ether oxygens (including phenoxy) is 3. The Bertz CT molecular complexity index is 1540. The van der Waals surface area contributed by atoms with Crippen LogP contribution in [-0.4, -0.2) is 54.2 Å². The third-order valence-electron chi connectivity index (χ3n) is 11.4. The average molecular weight is 567 g/mol. The fraction of sp³-hybridized carbons (Fsp3) is 0.528. The van der Waals surface area contributed by atoms with Crippen molar-refractivity contribution in [1.29, 1.82) is 0 Å². The summed E-state index contributed by atoms with van der Waals surface area (Å²) in [6.07, 6.45) is 8.14. The van der Waals surface area contributed by atoms with E-state index in [2.05, 4.69) is 46.8 Å². The van der Waals surface area contributed by atoms with Crippen molar-refractivity contribution in [3.05, 3.63) is 82.2 Å². The summed E-state index contributed by atoms with van der Waals surface area (Å²) in [6, 6.07) is 17.4. The van der Waals surface area contributed by atoms with Crippen LogP contribution < -0.4 is 9.47 Å². The van der Waals surface area contributed by atoms with Crippen LogP contribution in [0.1, 0.15) is 71.8 Å². The number of nitrogens with zero attached hydrogens (tertiary/aromatic N) is 2. The number of aryl methyl sites for hydroxylation is 2. The first-order chi connectivity index (χ1) is 20.5. The molecule has 8 rings (SSSR count). The molecule has 0 N–H and O–H groups in total. The second-order valence-electron chi connectivity index (χ2n) is 13.4. The lowest BCUT2D eigenvalue weighted by atomic mass is 9.49. The molecule has 5 aliphatic rings. The van der Waals surface area contributed by atoms with Crippen LogP contribution in [0.5, 0.6) is 11.5 Å². The Morgan fingerprint density at radius 2 is 1.86 bits per heavy atom. The lowest BCUT2D eigenvalue weighted by Crippen LogP contribution is -2.75. The molecule has 0 radical (unpaired) electrons. The first-order valence-corrected chi connectivity index (χ1v) is 15.9. The molecule has 3 aromatic rings. The van der Waals surface area contributed by atoms with Gasteiger partial charge in [0.2, 0.25) is 0 Å². The second-order valence-corrected chi connectivity index (χ2v) is 13.4. The summed E-state index contributed by atoms with van der Waals surface area (Å²) in [5.74, 6) is 2.89.